The van der Waals surface area contributed by atoms with Gasteiger partial charge in [0, 0.05) is 0 Å². The van der Waals surface area contributed by atoms with Crippen molar-refractivity contribution in [1.29, 1.82) is 0 Å². The first-order valence-corrected chi connectivity index (χ1v) is 8.31. The van der Waals surface area contributed by atoms with E-state index in [0.717, 1.165) is 5.56 Å². The molecule has 2 amide bonds. The molecule has 0 radical (unpaired) electrons. The average Bonchev–Trinajstić information content (AvgIpc) is 2.66. The summed E-state index contributed by atoms with van der Waals surface area (Å²) < 4.78 is 15.3. The van der Waals surface area contributed by atoms with Crippen molar-refractivity contribution in [1.82, 2.24) is 5.32 Å². The van der Waals surface area contributed by atoms with Gasteiger partial charge in [-0.2, -0.15) is 0 Å². The third kappa shape index (κ3) is 4.69. The number of carbonyl (C=O) groups excluding carboxylic acids is 2. The fraction of sp³-hybridized carbons (Fsp3) is 0.300. The van der Waals surface area contributed by atoms with Gasteiger partial charge in [-0.3, -0.25) is 0 Å². The molecule has 0 fully saturated rings. The van der Waals surface area contributed by atoms with Crippen LogP contribution in [-0.2, 0) is 10.3 Å². The first-order valence-electron chi connectivity index (χ1n) is 8.31. The predicted octanol–water partition coefficient (Wildman–Crippen LogP) is 3.55. The molecule has 0 unspecified atom stereocenters. The molecule has 0 aliphatic rings. The first kappa shape index (κ1) is 20.1. The van der Waals surface area contributed by atoms with Crippen molar-refractivity contribution < 1.29 is 23.8 Å². The number of esters is 1. The third-order valence-corrected chi connectivity index (χ3v) is 4.11. The lowest BCUT2D eigenvalue weighted by molar-refractivity contribution is 0.0602. The number of nitrogens with one attached hydrogen (secondary N) is 2. The lowest BCUT2D eigenvalue weighted by atomic mass is 9.94. The average molecular weight is 372 g/mol. The number of hydrogen-bond acceptors (Lipinski definition) is 5. The minimum Gasteiger partial charge on any atom is -0.493 e. The van der Waals surface area contributed by atoms with E-state index in [1.165, 1.54) is 7.11 Å². The molecule has 144 valence electrons. The molecule has 0 aromatic heterocycles. The molecule has 2 N–H and O–H groups in total. The molecule has 0 atom stereocenters. The fourth-order valence-corrected chi connectivity index (χ4v) is 2.61. The number of amides is 2. The predicted molar refractivity (Wildman–Crippen MR) is 103 cm³/mol. The van der Waals surface area contributed by atoms with Gasteiger partial charge in [0.25, 0.3) is 0 Å². The van der Waals surface area contributed by atoms with E-state index in [1.807, 2.05) is 26.0 Å². The number of carbonyl (C=O) groups is 2. The van der Waals surface area contributed by atoms with Gasteiger partial charge in [0.1, 0.15) is 0 Å². The van der Waals surface area contributed by atoms with Gasteiger partial charge in [0.2, 0.25) is 0 Å². The van der Waals surface area contributed by atoms with E-state index in [9.17, 15) is 9.59 Å². The molecule has 0 aliphatic heterocycles. The van der Waals surface area contributed by atoms with Gasteiger partial charge in [0.15, 0.2) is 11.5 Å². The molecule has 7 heteroatoms. The van der Waals surface area contributed by atoms with E-state index in [4.69, 9.17) is 14.2 Å². The highest BCUT2D eigenvalue weighted by Gasteiger charge is 2.25. The smallest absolute Gasteiger partial charge is 0.339 e. The molecule has 0 bridgehead atoms. The molecule has 2 rings (SSSR count). The number of hydrogen-bond donors (Lipinski definition) is 2. The lowest BCUT2D eigenvalue weighted by Crippen LogP contribution is -2.43. The quantitative estimate of drug-likeness (QED) is 0.758. The van der Waals surface area contributed by atoms with Crippen molar-refractivity contribution in [2.24, 2.45) is 0 Å². The van der Waals surface area contributed by atoms with Crippen molar-refractivity contribution in [2.75, 3.05) is 26.6 Å². The Morgan fingerprint density at radius 2 is 1.59 bits per heavy atom. The lowest BCUT2D eigenvalue weighted by Gasteiger charge is -2.28. The van der Waals surface area contributed by atoms with Gasteiger partial charge in [0.05, 0.1) is 38.1 Å². The maximum absolute atomic E-state index is 12.5. The molecule has 0 aliphatic carbocycles. The van der Waals surface area contributed by atoms with Gasteiger partial charge < -0.3 is 24.8 Å². The van der Waals surface area contributed by atoms with Crippen LogP contribution in [0.1, 0.15) is 29.8 Å². The van der Waals surface area contributed by atoms with E-state index in [-0.39, 0.29) is 5.56 Å². The van der Waals surface area contributed by atoms with Crippen LogP contribution in [0.25, 0.3) is 0 Å². The Morgan fingerprint density at radius 1 is 0.926 bits per heavy atom. The zero-order valence-corrected chi connectivity index (χ0v) is 16.1. The molecule has 0 saturated heterocycles. The topological polar surface area (TPSA) is 85.9 Å². The first-order chi connectivity index (χ1) is 12.8. The van der Waals surface area contributed by atoms with Gasteiger partial charge in [-0.1, -0.05) is 18.2 Å². The summed E-state index contributed by atoms with van der Waals surface area (Å²) in [5.74, 6) is 0.653. The maximum atomic E-state index is 12.5. The Kier molecular flexibility index (Phi) is 6.28. The van der Waals surface area contributed by atoms with Crippen molar-refractivity contribution in [2.45, 2.75) is 19.4 Å². The van der Waals surface area contributed by atoms with Gasteiger partial charge in [-0.25, -0.2) is 9.59 Å². The van der Waals surface area contributed by atoms with Crippen molar-refractivity contribution >= 4 is 17.7 Å². The van der Waals surface area contributed by atoms with Crippen LogP contribution >= 0.6 is 0 Å². The highest BCUT2D eigenvalue weighted by atomic mass is 16.5. The van der Waals surface area contributed by atoms with Gasteiger partial charge in [-0.15, -0.1) is 0 Å². The van der Waals surface area contributed by atoms with Crippen LogP contribution in [0.3, 0.4) is 0 Å². The van der Waals surface area contributed by atoms with E-state index in [2.05, 4.69) is 10.6 Å². The normalized spacial score (nSPS) is 10.7. The largest absolute Gasteiger partial charge is 0.493 e. The number of ether oxygens (including phenoxy) is 3. The Morgan fingerprint density at radius 3 is 2.22 bits per heavy atom. The molecule has 2 aromatic rings. The van der Waals surface area contributed by atoms with Crippen LogP contribution in [0.15, 0.2) is 42.5 Å². The van der Waals surface area contributed by atoms with Crippen molar-refractivity contribution in [3.8, 4) is 11.5 Å². The summed E-state index contributed by atoms with van der Waals surface area (Å²) in [6.45, 7) is 3.72. The van der Waals surface area contributed by atoms with Crippen LogP contribution in [0.2, 0.25) is 0 Å². The summed E-state index contributed by atoms with van der Waals surface area (Å²) >= 11 is 0. The van der Waals surface area contributed by atoms with Gasteiger partial charge in [-0.05, 0) is 43.7 Å². The summed E-state index contributed by atoms with van der Waals surface area (Å²) in [6.07, 6.45) is 0. The Hall–Kier alpha value is -3.22. The molecular weight excluding hydrogens is 348 g/mol. The second kappa shape index (κ2) is 8.44. The number of anilines is 1. The monoisotopic (exact) mass is 372 g/mol. The number of para-hydroxylation sites is 1. The van der Waals surface area contributed by atoms with Crippen LogP contribution in [0.4, 0.5) is 10.5 Å². The minimum atomic E-state index is -0.705. The SMILES string of the molecule is COC(=O)c1ccccc1NC(=O)NC(C)(C)c1ccc(OC)c(OC)c1. The molecule has 0 spiro atoms. The summed E-state index contributed by atoms with van der Waals surface area (Å²) in [6, 6.07) is 11.6. The maximum Gasteiger partial charge on any atom is 0.339 e. The molecule has 27 heavy (non-hydrogen) atoms. The Balaban J connectivity index is 2.19. The Labute approximate surface area is 158 Å². The number of methoxy groups -OCH3 is 3. The summed E-state index contributed by atoms with van der Waals surface area (Å²) in [4.78, 5) is 24.3. The third-order valence-electron chi connectivity index (χ3n) is 4.11. The van der Waals surface area contributed by atoms with Crippen LogP contribution < -0.4 is 20.1 Å². The number of urea groups is 1. The second-order valence-electron chi connectivity index (χ2n) is 6.31. The number of rotatable bonds is 6. The zero-order valence-electron chi connectivity index (χ0n) is 16.1. The van der Waals surface area contributed by atoms with E-state index >= 15 is 0 Å². The van der Waals surface area contributed by atoms with Crippen LogP contribution in [0.5, 0.6) is 11.5 Å². The Bertz CT molecular complexity index is 833. The fourth-order valence-electron chi connectivity index (χ4n) is 2.61. The summed E-state index contributed by atoms with van der Waals surface area (Å²) in [5.41, 5.74) is 0.768. The second-order valence-corrected chi connectivity index (χ2v) is 6.31. The van der Waals surface area contributed by atoms with Crippen LogP contribution in [-0.4, -0.2) is 33.3 Å². The molecule has 2 aromatic carbocycles. The standard InChI is InChI=1S/C20H24N2O5/c1-20(2,13-10-11-16(25-3)17(12-13)26-4)22-19(24)21-15-9-7-6-8-14(15)18(23)27-5/h6-12H,1-5H3,(H2,21,22,24). The summed E-state index contributed by atoms with van der Waals surface area (Å²) in [7, 11) is 4.41. The molecule has 7 nitrogen and oxygen atoms in total. The number of benzene rings is 2. The van der Waals surface area contributed by atoms with Crippen molar-refractivity contribution in [3.63, 3.8) is 0 Å². The van der Waals surface area contributed by atoms with E-state index in [1.54, 1.807) is 44.6 Å². The highest BCUT2D eigenvalue weighted by Crippen LogP contribution is 2.32. The zero-order chi connectivity index (χ0) is 20.0. The highest BCUT2D eigenvalue weighted by molar-refractivity contribution is 6.00. The van der Waals surface area contributed by atoms with Crippen molar-refractivity contribution in [3.05, 3.63) is 53.6 Å². The summed E-state index contributed by atoms with van der Waals surface area (Å²) in [5, 5.41) is 5.59. The van der Waals surface area contributed by atoms with Crippen LogP contribution in [0, 0.1) is 0 Å². The van der Waals surface area contributed by atoms with Gasteiger partial charge >= 0.3 is 12.0 Å². The van der Waals surface area contributed by atoms with E-state index in [0.29, 0.717) is 17.2 Å². The molecule has 0 heterocycles. The molecular formula is C20H24N2O5. The minimum absolute atomic E-state index is 0.277. The molecule has 0 saturated carbocycles. The van der Waals surface area contributed by atoms with E-state index < -0.39 is 17.5 Å².